The molecule has 7 nitrogen and oxygen atoms in total. The van der Waals surface area contributed by atoms with Crippen LogP contribution >= 0.6 is 12.2 Å². The summed E-state index contributed by atoms with van der Waals surface area (Å²) in [5.74, 6) is 0. The van der Waals surface area contributed by atoms with E-state index in [1.807, 2.05) is 36.0 Å². The second-order valence-electron chi connectivity index (χ2n) is 4.13. The van der Waals surface area contributed by atoms with Crippen LogP contribution in [0.1, 0.15) is 11.3 Å². The molecule has 0 spiro atoms. The Balaban J connectivity index is 0.000000383. The summed E-state index contributed by atoms with van der Waals surface area (Å²) in [6.07, 6.45) is 0.841. The van der Waals surface area contributed by atoms with E-state index in [2.05, 4.69) is 17.2 Å². The monoisotopic (exact) mass is 331 g/mol. The van der Waals surface area contributed by atoms with E-state index in [1.54, 1.807) is 0 Å². The first kappa shape index (κ1) is 17.5. The minimum Gasteiger partial charge on any atom is -0.396 e. The zero-order valence-electron chi connectivity index (χ0n) is 11.1. The minimum atomic E-state index is -4.94. The SMILES string of the molecule is C[n+]1[nH]c(=S)c(N)cc1Cc1ccccc1.[O-][Cl+3]([O-])([O-])[O-]. The predicted molar refractivity (Wildman–Crippen MR) is 66.5 cm³/mol. The lowest BCUT2D eigenvalue weighted by atomic mass is 10.1. The van der Waals surface area contributed by atoms with E-state index in [0.29, 0.717) is 10.3 Å². The van der Waals surface area contributed by atoms with Crippen molar-refractivity contribution in [3.8, 4) is 0 Å². The maximum atomic E-state index is 8.49. The van der Waals surface area contributed by atoms with Gasteiger partial charge in [0.05, 0.1) is 12.1 Å². The Labute approximate surface area is 128 Å². The maximum absolute atomic E-state index is 8.49. The second kappa shape index (κ2) is 7.46. The molecule has 0 fully saturated rings. The lowest BCUT2D eigenvalue weighted by Gasteiger charge is -2.17. The topological polar surface area (TPSA) is 138 Å². The lowest BCUT2D eigenvalue weighted by molar-refractivity contribution is -2.00. The highest BCUT2D eigenvalue weighted by atomic mass is 35.7. The van der Waals surface area contributed by atoms with Crippen molar-refractivity contribution in [3.05, 3.63) is 52.3 Å². The molecule has 0 saturated carbocycles. The van der Waals surface area contributed by atoms with E-state index in [1.165, 1.54) is 5.56 Å². The Morgan fingerprint density at radius 3 is 2.24 bits per heavy atom. The summed E-state index contributed by atoms with van der Waals surface area (Å²) in [5.41, 5.74) is 8.78. The first-order chi connectivity index (χ1) is 9.66. The van der Waals surface area contributed by atoms with Gasteiger partial charge >= 0.3 is 0 Å². The number of anilines is 1. The number of nitrogens with one attached hydrogen (secondary N) is 1. The van der Waals surface area contributed by atoms with Gasteiger partial charge in [0.2, 0.25) is 5.69 Å². The molecular weight excluding hydrogens is 318 g/mol. The number of nitrogen functional groups attached to an aromatic ring is 1. The van der Waals surface area contributed by atoms with Gasteiger partial charge < -0.3 is 5.73 Å². The molecule has 0 aliphatic rings. The number of hydrogen-bond donors (Lipinski definition) is 2. The molecule has 9 heteroatoms. The molecular formula is C12H14ClN3O4S. The van der Waals surface area contributed by atoms with Crippen LogP contribution in [0.25, 0.3) is 0 Å². The molecule has 114 valence electrons. The van der Waals surface area contributed by atoms with Crippen molar-refractivity contribution >= 4 is 17.9 Å². The Hall–Kier alpha value is -1.55. The number of benzene rings is 1. The molecule has 1 aromatic heterocycles. The van der Waals surface area contributed by atoms with Gasteiger partial charge in [0.1, 0.15) is 0 Å². The number of halogens is 1. The Morgan fingerprint density at radius 2 is 1.71 bits per heavy atom. The molecule has 0 atom stereocenters. The van der Waals surface area contributed by atoms with Crippen molar-refractivity contribution in [1.82, 2.24) is 5.10 Å². The van der Waals surface area contributed by atoms with Crippen molar-refractivity contribution < 1.29 is 33.6 Å². The van der Waals surface area contributed by atoms with Gasteiger partial charge in [-0.25, -0.2) is 18.6 Å². The fourth-order valence-corrected chi connectivity index (χ4v) is 1.80. The van der Waals surface area contributed by atoms with Crippen LogP contribution in [-0.2, 0) is 13.5 Å². The first-order valence-corrected chi connectivity index (χ1v) is 7.34. The van der Waals surface area contributed by atoms with E-state index < -0.39 is 10.2 Å². The fraction of sp³-hybridized carbons (Fsp3) is 0.167. The summed E-state index contributed by atoms with van der Waals surface area (Å²) in [4.78, 5) is 0. The van der Waals surface area contributed by atoms with Crippen LogP contribution in [0.15, 0.2) is 36.4 Å². The van der Waals surface area contributed by atoms with E-state index in [4.69, 9.17) is 36.6 Å². The van der Waals surface area contributed by atoms with E-state index in [9.17, 15) is 0 Å². The molecule has 0 saturated heterocycles. The molecule has 1 aromatic carbocycles. The van der Waals surface area contributed by atoms with Gasteiger partial charge in [-0.3, -0.25) is 0 Å². The molecule has 0 amide bonds. The van der Waals surface area contributed by atoms with E-state index >= 15 is 0 Å². The van der Waals surface area contributed by atoms with E-state index in [0.717, 1.165) is 12.1 Å². The number of nitrogens with zero attached hydrogens (tertiary/aromatic N) is 1. The molecule has 2 aromatic rings. The summed E-state index contributed by atoms with van der Waals surface area (Å²) in [5, 5.41) is 3.03. The van der Waals surface area contributed by atoms with Crippen molar-refractivity contribution in [2.24, 2.45) is 7.05 Å². The molecule has 0 radical (unpaired) electrons. The van der Waals surface area contributed by atoms with Crippen LogP contribution in [0.5, 0.6) is 0 Å². The summed E-state index contributed by atoms with van der Waals surface area (Å²) in [6.45, 7) is 0. The number of hydrogen-bond acceptors (Lipinski definition) is 6. The summed E-state index contributed by atoms with van der Waals surface area (Å²) in [6, 6.07) is 12.2. The number of rotatable bonds is 2. The van der Waals surface area contributed by atoms with Crippen LogP contribution in [-0.4, -0.2) is 5.10 Å². The Bertz CT molecular complexity index is 637. The highest BCUT2D eigenvalue weighted by molar-refractivity contribution is 7.71. The van der Waals surface area contributed by atoms with Crippen LogP contribution < -0.4 is 29.1 Å². The largest absolute Gasteiger partial charge is 0.396 e. The van der Waals surface area contributed by atoms with Crippen LogP contribution in [0, 0.1) is 14.9 Å². The first-order valence-electron chi connectivity index (χ1n) is 5.70. The lowest BCUT2D eigenvalue weighted by Crippen LogP contribution is -2.68. The zero-order valence-corrected chi connectivity index (χ0v) is 12.7. The van der Waals surface area contributed by atoms with Crippen LogP contribution in [0.4, 0.5) is 5.69 Å². The van der Waals surface area contributed by atoms with Crippen LogP contribution in [0.3, 0.4) is 0 Å². The average molecular weight is 332 g/mol. The molecule has 1 heterocycles. The predicted octanol–water partition coefficient (Wildman–Crippen LogP) is -3.01. The third kappa shape index (κ3) is 7.14. The van der Waals surface area contributed by atoms with Gasteiger partial charge in [-0.1, -0.05) is 42.5 Å². The average Bonchev–Trinajstić information content (AvgIpc) is 2.35. The molecule has 0 unspecified atom stereocenters. The van der Waals surface area contributed by atoms with Gasteiger partial charge in [0, 0.05) is 6.07 Å². The number of nitrogens with two attached hydrogens (primary N) is 1. The normalized spacial score (nSPS) is 10.7. The quantitative estimate of drug-likeness (QED) is 0.444. The molecule has 0 aliphatic heterocycles. The Morgan fingerprint density at radius 1 is 1.19 bits per heavy atom. The number of aryl methyl sites for hydroxylation is 1. The standard InChI is InChI=1S/C12H13N3S.ClHO4/c1-15-10(8-11(13)12(16)14-15)7-9-5-3-2-4-6-9;2-1(3,4)5/h2-6,8,13H,7H2,1H3,(H,14,16);(H,2,3,4,5). The summed E-state index contributed by atoms with van der Waals surface area (Å²) in [7, 11) is -3.01. The number of H-pyrrole nitrogens is 1. The van der Waals surface area contributed by atoms with Crippen LogP contribution in [0.2, 0.25) is 0 Å². The minimum absolute atomic E-state index is 0.583. The van der Waals surface area contributed by atoms with Gasteiger partial charge in [-0.2, -0.15) is 5.10 Å². The highest BCUT2D eigenvalue weighted by Crippen LogP contribution is 2.08. The third-order valence-electron chi connectivity index (χ3n) is 2.51. The zero-order chi connectivity index (χ0) is 16.0. The van der Waals surface area contributed by atoms with Gasteiger partial charge in [0.15, 0.2) is 11.7 Å². The van der Waals surface area contributed by atoms with Crippen molar-refractivity contribution in [2.45, 2.75) is 6.42 Å². The van der Waals surface area contributed by atoms with E-state index in [-0.39, 0.29) is 0 Å². The molecule has 2 rings (SSSR count). The van der Waals surface area contributed by atoms with Gasteiger partial charge in [0.25, 0.3) is 0 Å². The molecule has 0 aliphatic carbocycles. The molecule has 21 heavy (non-hydrogen) atoms. The maximum Gasteiger partial charge on any atom is 0.212 e. The fourth-order valence-electron chi connectivity index (χ4n) is 1.61. The smallest absolute Gasteiger partial charge is 0.212 e. The highest BCUT2D eigenvalue weighted by Gasteiger charge is 2.09. The summed E-state index contributed by atoms with van der Waals surface area (Å²) < 4.78 is 36.5. The Kier molecular flexibility index (Phi) is 6.21. The van der Waals surface area contributed by atoms with Crippen molar-refractivity contribution in [3.63, 3.8) is 0 Å². The number of aromatic nitrogens is 2. The van der Waals surface area contributed by atoms with Gasteiger partial charge in [-0.15, -0.1) is 14.9 Å². The number of aromatic amines is 1. The van der Waals surface area contributed by atoms with Gasteiger partial charge in [-0.05, 0) is 5.56 Å². The van der Waals surface area contributed by atoms with Crippen molar-refractivity contribution in [1.29, 1.82) is 0 Å². The van der Waals surface area contributed by atoms with Crippen molar-refractivity contribution in [2.75, 3.05) is 5.73 Å². The summed E-state index contributed by atoms with van der Waals surface area (Å²) >= 11 is 5.06. The third-order valence-corrected chi connectivity index (χ3v) is 2.84. The molecule has 0 bridgehead atoms. The molecule has 3 N–H and O–H groups in total. The second-order valence-corrected chi connectivity index (χ2v) is 5.30.